The van der Waals surface area contributed by atoms with E-state index in [2.05, 4.69) is 14.9 Å². The average molecular weight is 573 g/mol. The van der Waals surface area contributed by atoms with Crippen LogP contribution in [0, 0.1) is 12.3 Å². The summed E-state index contributed by atoms with van der Waals surface area (Å²) in [6, 6.07) is 12.8. The van der Waals surface area contributed by atoms with Crippen molar-refractivity contribution < 1.29 is 42.4 Å². The molecule has 39 heavy (non-hydrogen) atoms. The lowest BCUT2D eigenvalue weighted by atomic mass is 10.1. The molecule has 2 heterocycles. The average Bonchev–Trinajstić information content (AvgIpc) is 2.92. The highest BCUT2D eigenvalue weighted by molar-refractivity contribution is 7.89. The topological polar surface area (TPSA) is 148 Å². The molecule has 0 radical (unpaired) electrons. The van der Waals surface area contributed by atoms with Gasteiger partial charge in [0.25, 0.3) is 5.91 Å². The van der Waals surface area contributed by atoms with Gasteiger partial charge in [-0.3, -0.25) is 24.3 Å². The van der Waals surface area contributed by atoms with E-state index in [1.165, 1.54) is 16.6 Å². The van der Waals surface area contributed by atoms with E-state index in [1.54, 1.807) is 36.6 Å². The van der Waals surface area contributed by atoms with Gasteiger partial charge in [-0.25, -0.2) is 18.9 Å². The van der Waals surface area contributed by atoms with E-state index in [0.717, 1.165) is 16.9 Å². The Balaban J connectivity index is 0.000000998. The number of nitrogens with one attached hydrogen (secondary N) is 1. The van der Waals surface area contributed by atoms with Crippen LogP contribution in [0.2, 0.25) is 0 Å². The summed E-state index contributed by atoms with van der Waals surface area (Å²) < 4.78 is 38.2. The standard InChI is InChI=1S/C21H24N6O4S.C2HFO2.2FH/c1-25(2)19-18(20(28)24-29)14-22-21(23-19)26-9-11-27(12-10-26)32(30,31)17-8-7-15-5-3-4-6-16(15)13-17;3-1-2-5-4;;/h3-8,13-14,29H,9-12H2,1-2H3,(H,24,28);4H;2*1H. The monoisotopic (exact) mass is 572 g/mol. The Morgan fingerprint density at radius 1 is 1.10 bits per heavy atom. The summed E-state index contributed by atoms with van der Waals surface area (Å²) in [6.45, 7) is 1.39. The van der Waals surface area contributed by atoms with Crippen LogP contribution in [0.4, 0.5) is 25.6 Å². The summed E-state index contributed by atoms with van der Waals surface area (Å²) in [5.74, 6) is 0.0465. The molecule has 1 fully saturated rings. The number of amides is 1. The number of hydrogen-bond donors (Lipinski definition) is 3. The largest absolute Gasteiger partial charge is 0.362 e. The normalized spacial score (nSPS) is 12.9. The van der Waals surface area contributed by atoms with Crippen LogP contribution in [0.5, 0.6) is 0 Å². The number of fused-ring (bicyclic) bond motifs is 1. The third-order valence-electron chi connectivity index (χ3n) is 5.49. The summed E-state index contributed by atoms with van der Waals surface area (Å²) in [4.78, 5) is 27.3. The van der Waals surface area contributed by atoms with Gasteiger partial charge in [-0.05, 0) is 22.9 Å². The van der Waals surface area contributed by atoms with Gasteiger partial charge in [-0.15, -0.1) is 4.39 Å². The van der Waals surface area contributed by atoms with Crippen LogP contribution in [-0.2, 0) is 14.9 Å². The number of hydroxylamine groups is 1. The Morgan fingerprint density at radius 3 is 2.28 bits per heavy atom. The fourth-order valence-electron chi connectivity index (χ4n) is 3.70. The number of hydrogen-bond acceptors (Lipinski definition) is 10. The Hall–Kier alpha value is -4.17. The summed E-state index contributed by atoms with van der Waals surface area (Å²) >= 11 is 0. The summed E-state index contributed by atoms with van der Waals surface area (Å²) in [7, 11) is -0.164. The molecule has 4 rings (SSSR count). The molecule has 3 N–H and O–H groups in total. The molecule has 0 aliphatic carbocycles. The Labute approximate surface area is 222 Å². The number of sulfonamides is 1. The Kier molecular flexibility index (Phi) is 12.4. The predicted octanol–water partition coefficient (Wildman–Crippen LogP) is 1.99. The van der Waals surface area contributed by atoms with Gasteiger partial charge in [0.2, 0.25) is 16.0 Å². The van der Waals surface area contributed by atoms with Gasteiger partial charge in [0.15, 0.2) is 12.3 Å². The van der Waals surface area contributed by atoms with Crippen LogP contribution in [0.1, 0.15) is 10.4 Å². The highest BCUT2D eigenvalue weighted by Gasteiger charge is 2.30. The first-order valence-electron chi connectivity index (χ1n) is 10.9. The maximum Gasteiger partial charge on any atom is 0.279 e. The molecule has 1 aromatic heterocycles. The third-order valence-corrected chi connectivity index (χ3v) is 7.38. The molecule has 0 spiro atoms. The van der Waals surface area contributed by atoms with Gasteiger partial charge in [-0.1, -0.05) is 30.3 Å². The predicted molar refractivity (Wildman–Crippen MR) is 138 cm³/mol. The molecule has 0 bridgehead atoms. The highest BCUT2D eigenvalue weighted by Crippen LogP contribution is 2.24. The van der Waals surface area contributed by atoms with Gasteiger partial charge in [0.1, 0.15) is 11.4 Å². The molecule has 1 saturated heterocycles. The molecule has 16 heteroatoms. The first-order chi connectivity index (χ1) is 17.7. The fourth-order valence-corrected chi connectivity index (χ4v) is 5.16. The molecule has 1 aliphatic heterocycles. The van der Waals surface area contributed by atoms with Crippen molar-refractivity contribution >= 4 is 38.5 Å². The first kappa shape index (κ1) is 32.9. The molecule has 0 atom stereocenters. The van der Waals surface area contributed by atoms with E-state index in [1.807, 2.05) is 35.2 Å². The summed E-state index contributed by atoms with van der Waals surface area (Å²) in [6.07, 6.45) is 3.39. The third kappa shape index (κ3) is 7.67. The summed E-state index contributed by atoms with van der Waals surface area (Å²) in [5.41, 5.74) is 1.73. The molecule has 1 aliphatic rings. The zero-order valence-corrected chi connectivity index (χ0v) is 21.6. The number of piperazine rings is 1. The number of carbonyl (C=O) groups is 1. The zero-order chi connectivity index (χ0) is 27.0. The lowest BCUT2D eigenvalue weighted by molar-refractivity contribution is -0.172. The minimum atomic E-state index is -3.63. The number of aromatic nitrogens is 2. The Morgan fingerprint density at radius 2 is 1.74 bits per heavy atom. The quantitative estimate of drug-likeness (QED) is 0.179. The second-order valence-corrected chi connectivity index (χ2v) is 9.87. The smallest absolute Gasteiger partial charge is 0.279 e. The molecule has 0 unspecified atom stereocenters. The maximum atomic E-state index is 13.2. The van der Waals surface area contributed by atoms with E-state index in [4.69, 9.17) is 10.5 Å². The lowest BCUT2D eigenvalue weighted by Crippen LogP contribution is -2.49. The van der Waals surface area contributed by atoms with Crippen LogP contribution < -0.4 is 15.3 Å². The van der Waals surface area contributed by atoms with Crippen molar-refractivity contribution in [2.45, 2.75) is 4.90 Å². The van der Waals surface area contributed by atoms with Gasteiger partial charge in [0, 0.05) is 46.5 Å². The van der Waals surface area contributed by atoms with Crippen molar-refractivity contribution in [3.05, 3.63) is 54.2 Å². The molecule has 12 nitrogen and oxygen atoms in total. The van der Waals surface area contributed by atoms with Crippen LogP contribution >= 0.6 is 0 Å². The van der Waals surface area contributed by atoms with Gasteiger partial charge < -0.3 is 9.80 Å². The number of halogens is 3. The minimum absolute atomic E-state index is 0. The van der Waals surface area contributed by atoms with Crippen molar-refractivity contribution in [2.24, 2.45) is 0 Å². The van der Waals surface area contributed by atoms with Crippen molar-refractivity contribution in [2.75, 3.05) is 50.1 Å². The van der Waals surface area contributed by atoms with Gasteiger partial charge in [-0.2, -0.15) is 14.5 Å². The van der Waals surface area contributed by atoms with Gasteiger partial charge >= 0.3 is 0 Å². The van der Waals surface area contributed by atoms with Crippen LogP contribution in [0.3, 0.4) is 0 Å². The molecular formula is C23H27F3N6O6S. The summed E-state index contributed by atoms with van der Waals surface area (Å²) in [5, 5.41) is 17.9. The maximum absolute atomic E-state index is 13.2. The highest BCUT2D eigenvalue weighted by atomic mass is 32.2. The van der Waals surface area contributed by atoms with Crippen molar-refractivity contribution in [3.63, 3.8) is 0 Å². The van der Waals surface area contributed by atoms with Crippen molar-refractivity contribution in [1.29, 1.82) is 0 Å². The lowest BCUT2D eigenvalue weighted by Gasteiger charge is -2.34. The molecule has 1 amide bonds. The van der Waals surface area contributed by atoms with Crippen LogP contribution in [0.15, 0.2) is 53.6 Å². The van der Waals surface area contributed by atoms with E-state index in [0.29, 0.717) is 24.9 Å². The fraction of sp³-hybridized carbons (Fsp3) is 0.261. The number of nitrogens with zero attached hydrogens (tertiary/aromatic N) is 5. The van der Waals surface area contributed by atoms with Crippen molar-refractivity contribution in [3.8, 4) is 12.3 Å². The van der Waals surface area contributed by atoms with E-state index in [-0.39, 0.29) is 33.0 Å². The van der Waals surface area contributed by atoms with Crippen LogP contribution in [-0.4, -0.2) is 79.3 Å². The van der Waals surface area contributed by atoms with Crippen LogP contribution in [0.25, 0.3) is 10.8 Å². The number of benzene rings is 2. The number of carbonyl (C=O) groups excluding carboxylic acids is 1. The SMILES string of the molecule is CN(C)c1nc(N2CCN(S(=O)(=O)c3ccc4ccccc4c3)CC2)ncc1C(=O)NO.F.F.OOC#CF. The second-order valence-electron chi connectivity index (χ2n) is 7.93. The molecular weight excluding hydrogens is 545 g/mol. The molecule has 212 valence electrons. The van der Waals surface area contributed by atoms with E-state index in [9.17, 15) is 17.6 Å². The Bertz CT molecular complexity index is 1430. The number of rotatable bonds is 5. The zero-order valence-electron chi connectivity index (χ0n) is 20.8. The van der Waals surface area contributed by atoms with Gasteiger partial charge in [0.05, 0.1) is 4.90 Å². The molecule has 0 saturated carbocycles. The van der Waals surface area contributed by atoms with E-state index >= 15 is 0 Å². The van der Waals surface area contributed by atoms with E-state index < -0.39 is 15.9 Å². The minimum Gasteiger partial charge on any atom is -0.362 e. The first-order valence-corrected chi connectivity index (χ1v) is 12.3. The number of anilines is 2. The second kappa shape index (κ2) is 14.7. The van der Waals surface area contributed by atoms with Crippen molar-refractivity contribution in [1.82, 2.24) is 19.8 Å². The molecule has 2 aromatic carbocycles. The molecule has 3 aromatic rings.